The number of carbonyl (C=O) groups is 1. The molecule has 4 nitrogen and oxygen atoms in total. The quantitative estimate of drug-likeness (QED) is 0.793. The molecule has 0 spiro atoms. The topological polar surface area (TPSA) is 49.0 Å². The van der Waals surface area contributed by atoms with Crippen molar-refractivity contribution in [1.82, 2.24) is 9.47 Å². The van der Waals surface area contributed by atoms with Crippen molar-refractivity contribution in [2.24, 2.45) is 0 Å². The zero-order valence-corrected chi connectivity index (χ0v) is 13.5. The maximum Gasteiger partial charge on any atom is 0.178 e. The van der Waals surface area contributed by atoms with Crippen LogP contribution in [0.2, 0.25) is 0 Å². The van der Waals surface area contributed by atoms with Crippen molar-refractivity contribution in [3.8, 4) is 6.07 Å². The Hall–Kier alpha value is -2.12. The number of ketones is 1. The molecule has 2 aromatic rings. The Labute approximate surface area is 137 Å². The molecule has 3 rings (SSSR count). The van der Waals surface area contributed by atoms with Crippen molar-refractivity contribution >= 4 is 16.7 Å². The molecule has 0 amide bonds. The highest BCUT2D eigenvalue weighted by Crippen LogP contribution is 2.23. The summed E-state index contributed by atoms with van der Waals surface area (Å²) >= 11 is 0. The average Bonchev–Trinajstić information content (AvgIpc) is 2.74. The number of para-hydroxylation sites is 1. The Kier molecular flexibility index (Phi) is 5.09. The summed E-state index contributed by atoms with van der Waals surface area (Å²) < 4.78 is 2.04. The van der Waals surface area contributed by atoms with E-state index in [1.54, 1.807) is 0 Å². The van der Waals surface area contributed by atoms with Crippen molar-refractivity contribution in [1.29, 1.82) is 5.26 Å². The van der Waals surface area contributed by atoms with E-state index in [2.05, 4.69) is 11.0 Å². The Morgan fingerprint density at radius 1 is 1.13 bits per heavy atom. The van der Waals surface area contributed by atoms with E-state index in [1.807, 2.05) is 35.0 Å². The highest BCUT2D eigenvalue weighted by molar-refractivity contribution is 6.09. The largest absolute Gasteiger partial charge is 0.346 e. The summed E-state index contributed by atoms with van der Waals surface area (Å²) in [7, 11) is 0. The van der Waals surface area contributed by atoms with Crippen LogP contribution in [0, 0.1) is 11.3 Å². The number of likely N-dealkylation sites (tertiary alicyclic amines) is 1. The van der Waals surface area contributed by atoms with E-state index in [9.17, 15) is 4.79 Å². The first kappa shape index (κ1) is 15.8. The van der Waals surface area contributed by atoms with Crippen LogP contribution in [-0.2, 0) is 6.54 Å². The number of Topliss-reactive ketones (excluding diaryl/α,β-unsaturated/α-hetero) is 1. The number of aryl methyl sites for hydroxylation is 1. The number of aromatic nitrogens is 1. The predicted molar refractivity (Wildman–Crippen MR) is 91.4 cm³/mol. The van der Waals surface area contributed by atoms with Crippen LogP contribution in [0.3, 0.4) is 0 Å². The van der Waals surface area contributed by atoms with Crippen LogP contribution in [0.5, 0.6) is 0 Å². The van der Waals surface area contributed by atoms with Crippen molar-refractivity contribution in [2.45, 2.75) is 38.6 Å². The van der Waals surface area contributed by atoms with E-state index in [0.717, 1.165) is 29.6 Å². The number of rotatable bonds is 5. The van der Waals surface area contributed by atoms with Gasteiger partial charge in [0.1, 0.15) is 0 Å². The molecule has 120 valence electrons. The van der Waals surface area contributed by atoms with E-state index in [1.165, 1.54) is 25.7 Å². The first-order valence-corrected chi connectivity index (χ1v) is 8.50. The number of nitriles is 1. The van der Waals surface area contributed by atoms with Gasteiger partial charge in [0.25, 0.3) is 0 Å². The Morgan fingerprint density at radius 3 is 2.61 bits per heavy atom. The van der Waals surface area contributed by atoms with E-state index < -0.39 is 0 Å². The number of benzene rings is 1. The highest BCUT2D eigenvalue weighted by atomic mass is 16.1. The molecule has 0 saturated carbocycles. The molecule has 0 aliphatic carbocycles. The summed E-state index contributed by atoms with van der Waals surface area (Å²) in [6, 6.07) is 10.2. The summed E-state index contributed by atoms with van der Waals surface area (Å²) in [6.45, 7) is 3.19. The molecule has 4 heteroatoms. The standard InChI is InChI=1S/C19H23N3O/c20-10-7-13-22-14-17(16-8-3-4-9-18(16)22)19(23)15-21-11-5-1-2-6-12-21/h3-4,8-9,14H,1-2,5-7,11-13,15H2. The van der Waals surface area contributed by atoms with Gasteiger partial charge in [-0.05, 0) is 32.0 Å². The summed E-state index contributed by atoms with van der Waals surface area (Å²) in [6.07, 6.45) is 7.32. The van der Waals surface area contributed by atoms with Crippen molar-refractivity contribution < 1.29 is 4.79 Å². The smallest absolute Gasteiger partial charge is 0.178 e. The lowest BCUT2D eigenvalue weighted by Crippen LogP contribution is -2.30. The minimum Gasteiger partial charge on any atom is -0.346 e. The van der Waals surface area contributed by atoms with Crippen molar-refractivity contribution in [3.63, 3.8) is 0 Å². The molecular formula is C19H23N3O. The maximum atomic E-state index is 12.8. The predicted octanol–water partition coefficient (Wildman–Crippen LogP) is 3.61. The van der Waals surface area contributed by atoms with Crippen LogP contribution < -0.4 is 0 Å². The van der Waals surface area contributed by atoms with E-state index in [0.29, 0.717) is 19.5 Å². The fraction of sp³-hybridized carbons (Fsp3) is 0.474. The zero-order chi connectivity index (χ0) is 16.1. The van der Waals surface area contributed by atoms with Crippen LogP contribution in [0.25, 0.3) is 10.9 Å². The van der Waals surface area contributed by atoms with E-state index in [-0.39, 0.29) is 5.78 Å². The van der Waals surface area contributed by atoms with Crippen molar-refractivity contribution in [3.05, 3.63) is 36.0 Å². The van der Waals surface area contributed by atoms with Gasteiger partial charge in [-0.15, -0.1) is 0 Å². The second kappa shape index (κ2) is 7.43. The number of hydrogen-bond acceptors (Lipinski definition) is 3. The molecule has 1 aliphatic heterocycles. The molecule has 0 bridgehead atoms. The van der Waals surface area contributed by atoms with Gasteiger partial charge >= 0.3 is 0 Å². The first-order chi connectivity index (χ1) is 11.3. The zero-order valence-electron chi connectivity index (χ0n) is 13.5. The van der Waals surface area contributed by atoms with E-state index >= 15 is 0 Å². The minimum absolute atomic E-state index is 0.193. The molecule has 1 aromatic heterocycles. The summed E-state index contributed by atoms with van der Waals surface area (Å²) in [5, 5.41) is 9.83. The Balaban J connectivity index is 1.83. The second-order valence-corrected chi connectivity index (χ2v) is 6.27. The molecule has 0 atom stereocenters. The van der Waals surface area contributed by atoms with Crippen LogP contribution in [0.15, 0.2) is 30.5 Å². The lowest BCUT2D eigenvalue weighted by molar-refractivity contribution is 0.0934. The van der Waals surface area contributed by atoms with Crippen molar-refractivity contribution in [2.75, 3.05) is 19.6 Å². The van der Waals surface area contributed by atoms with Crippen LogP contribution in [0.4, 0.5) is 0 Å². The van der Waals surface area contributed by atoms with Gasteiger partial charge in [-0.3, -0.25) is 9.69 Å². The van der Waals surface area contributed by atoms with Crippen LogP contribution in [0.1, 0.15) is 42.5 Å². The van der Waals surface area contributed by atoms with Gasteiger partial charge in [-0.2, -0.15) is 5.26 Å². The van der Waals surface area contributed by atoms with Gasteiger partial charge in [0.05, 0.1) is 19.0 Å². The van der Waals surface area contributed by atoms with Gasteiger partial charge < -0.3 is 4.57 Å². The number of fused-ring (bicyclic) bond motifs is 1. The third-order valence-corrected chi connectivity index (χ3v) is 4.62. The molecule has 0 radical (unpaired) electrons. The fourth-order valence-corrected chi connectivity index (χ4v) is 3.41. The third kappa shape index (κ3) is 3.62. The average molecular weight is 309 g/mol. The normalized spacial score (nSPS) is 16.1. The summed E-state index contributed by atoms with van der Waals surface area (Å²) in [5.74, 6) is 0.193. The number of carbonyl (C=O) groups excluding carboxylic acids is 1. The second-order valence-electron chi connectivity index (χ2n) is 6.27. The van der Waals surface area contributed by atoms with Gasteiger partial charge in [-0.25, -0.2) is 0 Å². The molecule has 0 unspecified atom stereocenters. The van der Waals surface area contributed by atoms with Gasteiger partial charge in [0, 0.05) is 29.2 Å². The van der Waals surface area contributed by atoms with Crippen LogP contribution in [-0.4, -0.2) is 34.9 Å². The molecule has 1 fully saturated rings. The van der Waals surface area contributed by atoms with Gasteiger partial charge in [0.15, 0.2) is 5.78 Å². The number of hydrogen-bond donors (Lipinski definition) is 0. The molecule has 0 N–H and O–H groups in total. The molecule has 23 heavy (non-hydrogen) atoms. The molecular weight excluding hydrogens is 286 g/mol. The monoisotopic (exact) mass is 309 g/mol. The van der Waals surface area contributed by atoms with Gasteiger partial charge in [0.2, 0.25) is 0 Å². The molecule has 1 aromatic carbocycles. The lowest BCUT2D eigenvalue weighted by atomic mass is 10.1. The molecule has 2 heterocycles. The molecule has 1 aliphatic rings. The maximum absolute atomic E-state index is 12.8. The lowest BCUT2D eigenvalue weighted by Gasteiger charge is -2.18. The van der Waals surface area contributed by atoms with Gasteiger partial charge in [-0.1, -0.05) is 31.0 Å². The fourth-order valence-electron chi connectivity index (χ4n) is 3.41. The highest BCUT2D eigenvalue weighted by Gasteiger charge is 2.18. The minimum atomic E-state index is 0.193. The van der Waals surface area contributed by atoms with Crippen LogP contribution >= 0.6 is 0 Å². The summed E-state index contributed by atoms with van der Waals surface area (Å²) in [5.41, 5.74) is 1.84. The third-order valence-electron chi connectivity index (χ3n) is 4.62. The summed E-state index contributed by atoms with van der Waals surface area (Å²) in [4.78, 5) is 15.1. The molecule has 1 saturated heterocycles. The SMILES string of the molecule is N#CCCn1cc(C(=O)CN2CCCCCC2)c2ccccc21. The first-order valence-electron chi connectivity index (χ1n) is 8.50. The Bertz CT molecular complexity index is 718. The van der Waals surface area contributed by atoms with E-state index in [4.69, 9.17) is 5.26 Å². The Morgan fingerprint density at radius 2 is 1.87 bits per heavy atom. The number of nitrogens with zero attached hydrogens (tertiary/aromatic N) is 3.